The Kier molecular flexibility index (Phi) is 12.7. The van der Waals surface area contributed by atoms with E-state index in [1.54, 1.807) is 18.2 Å². The van der Waals surface area contributed by atoms with E-state index < -0.39 is 27.9 Å². The zero-order valence-corrected chi connectivity index (χ0v) is 23.6. The number of carbonyl (C=O) groups excluding carboxylic acids is 1. The van der Waals surface area contributed by atoms with Crippen LogP contribution < -0.4 is 28.9 Å². The summed E-state index contributed by atoms with van der Waals surface area (Å²) in [5.74, 6) is -0.776. The van der Waals surface area contributed by atoms with E-state index in [1.807, 2.05) is 37.4 Å². The first-order chi connectivity index (χ1) is 17.2. The molecule has 10 heteroatoms. The molecule has 1 aliphatic carbocycles. The summed E-state index contributed by atoms with van der Waals surface area (Å²) in [6.45, 7) is 2.38. The third-order valence-corrected chi connectivity index (χ3v) is 8.62. The van der Waals surface area contributed by atoms with Gasteiger partial charge in [0.2, 0.25) is 10.0 Å². The second kappa shape index (κ2) is 15.0. The molecule has 1 amide bonds. The van der Waals surface area contributed by atoms with Gasteiger partial charge in [-0.2, -0.15) is 11.8 Å². The Hall–Kier alpha value is -1.76. The van der Waals surface area contributed by atoms with Crippen LogP contribution >= 0.6 is 11.8 Å². The molecule has 0 aliphatic heterocycles. The first-order valence-corrected chi connectivity index (χ1v) is 15.4. The van der Waals surface area contributed by atoms with E-state index in [1.165, 1.54) is 18.2 Å². The van der Waals surface area contributed by atoms with Crippen molar-refractivity contribution >= 4 is 33.7 Å². The number of hydrogen-bond donors (Lipinski definition) is 3. The van der Waals surface area contributed by atoms with Crippen LogP contribution in [0.3, 0.4) is 0 Å². The van der Waals surface area contributed by atoms with E-state index in [2.05, 4.69) is 10.0 Å². The number of sulfonamides is 1. The van der Waals surface area contributed by atoms with Crippen LogP contribution in [0, 0.1) is 12.8 Å². The van der Waals surface area contributed by atoms with Crippen molar-refractivity contribution in [2.75, 3.05) is 18.6 Å². The van der Waals surface area contributed by atoms with Gasteiger partial charge in [-0.15, -0.1) is 0 Å². The first-order valence-electron chi connectivity index (χ1n) is 12.4. The third-order valence-electron chi connectivity index (χ3n) is 6.65. The van der Waals surface area contributed by atoms with Gasteiger partial charge in [-0.05, 0) is 78.5 Å². The van der Waals surface area contributed by atoms with Crippen LogP contribution in [0.1, 0.15) is 61.4 Å². The number of rotatable bonds is 12. The summed E-state index contributed by atoms with van der Waals surface area (Å²) in [4.78, 5) is 24.9. The van der Waals surface area contributed by atoms with Crippen LogP contribution in [0.5, 0.6) is 0 Å². The largest absolute Gasteiger partial charge is 1.00 e. The molecule has 3 rings (SSSR count). The van der Waals surface area contributed by atoms with Crippen LogP contribution in [0.15, 0.2) is 42.5 Å². The molecule has 2 aromatic rings. The number of thioether (sulfide) groups is 1. The molecular formula is C27H37LiN2O5S2. The number of aliphatic carboxylic acids is 1. The summed E-state index contributed by atoms with van der Waals surface area (Å²) in [7, 11) is -3.55. The Labute approximate surface area is 238 Å². The minimum atomic E-state index is -3.55. The van der Waals surface area contributed by atoms with Crippen LogP contribution in [-0.4, -0.2) is 50.0 Å². The summed E-state index contributed by atoms with van der Waals surface area (Å²) in [6, 6.07) is 11.5. The summed E-state index contributed by atoms with van der Waals surface area (Å²) >= 11 is 1.51. The maximum atomic E-state index is 13.2. The molecule has 0 saturated heterocycles. The number of carbonyl (C=O) groups is 2. The average molecular weight is 541 g/mol. The summed E-state index contributed by atoms with van der Waals surface area (Å²) in [5, 5.41) is 12.2. The zero-order valence-electron chi connectivity index (χ0n) is 23.0. The predicted octanol–water partition coefficient (Wildman–Crippen LogP) is 1.71. The van der Waals surface area contributed by atoms with E-state index in [-0.39, 0.29) is 26.0 Å². The van der Waals surface area contributed by atoms with Crippen LogP contribution in [0.2, 0.25) is 0 Å². The van der Waals surface area contributed by atoms with Gasteiger partial charge < -0.3 is 11.8 Å². The van der Waals surface area contributed by atoms with E-state index in [9.17, 15) is 23.1 Å². The molecule has 0 bridgehead atoms. The van der Waals surface area contributed by atoms with Crippen molar-refractivity contribution in [2.24, 2.45) is 5.92 Å². The van der Waals surface area contributed by atoms with Gasteiger partial charge in [0.1, 0.15) is 6.04 Å². The quantitative estimate of drug-likeness (QED) is 0.354. The SMILES string of the molecule is CSCCC(NC(=O)c1ccc(CS(=O)(=O)NCC2CCCCC2)cc1-c1ccccc1C)C(=O)O.[H-].[Li+]. The fourth-order valence-electron chi connectivity index (χ4n) is 4.61. The number of aryl methyl sites for hydroxylation is 1. The minimum Gasteiger partial charge on any atom is -1.00 e. The molecule has 1 aliphatic rings. The summed E-state index contributed by atoms with van der Waals surface area (Å²) in [6.07, 6.45) is 7.82. The Morgan fingerprint density at radius 2 is 1.81 bits per heavy atom. The van der Waals surface area contributed by atoms with Gasteiger partial charge in [-0.25, -0.2) is 17.9 Å². The first kappa shape index (κ1) is 31.5. The second-order valence-corrected chi connectivity index (χ2v) is 12.2. The van der Waals surface area contributed by atoms with Crippen LogP contribution in [0.4, 0.5) is 0 Å². The number of hydrogen-bond acceptors (Lipinski definition) is 5. The molecule has 7 nitrogen and oxygen atoms in total. The Morgan fingerprint density at radius 3 is 2.46 bits per heavy atom. The Balaban J connectivity index is 0.00000361. The number of carboxylic acids is 1. The molecule has 0 heterocycles. The van der Waals surface area contributed by atoms with E-state index in [0.717, 1.165) is 36.8 Å². The van der Waals surface area contributed by atoms with Crippen molar-refractivity contribution in [3.63, 3.8) is 0 Å². The van der Waals surface area contributed by atoms with Gasteiger partial charge in [0, 0.05) is 12.1 Å². The molecule has 1 unspecified atom stereocenters. The van der Waals surface area contributed by atoms with Gasteiger partial charge >= 0.3 is 24.8 Å². The molecule has 0 aromatic heterocycles. The number of amides is 1. The average Bonchev–Trinajstić information content (AvgIpc) is 2.85. The van der Waals surface area contributed by atoms with Crippen molar-refractivity contribution < 1.29 is 43.4 Å². The molecule has 0 spiro atoms. The molecule has 1 atom stereocenters. The molecule has 1 fully saturated rings. The summed E-state index contributed by atoms with van der Waals surface area (Å²) in [5.41, 5.74) is 3.20. The molecule has 1 saturated carbocycles. The van der Waals surface area contributed by atoms with Crippen molar-refractivity contribution in [3.05, 3.63) is 59.2 Å². The Morgan fingerprint density at radius 1 is 1.11 bits per heavy atom. The fraction of sp³-hybridized carbons (Fsp3) is 0.481. The third kappa shape index (κ3) is 9.49. The van der Waals surface area contributed by atoms with E-state index in [0.29, 0.717) is 41.3 Å². The maximum absolute atomic E-state index is 13.2. The van der Waals surface area contributed by atoms with E-state index >= 15 is 0 Å². The predicted molar refractivity (Wildman–Crippen MR) is 147 cm³/mol. The monoisotopic (exact) mass is 540 g/mol. The van der Waals surface area contributed by atoms with Gasteiger partial charge in [0.05, 0.1) is 5.75 Å². The standard InChI is InChI=1S/C27H36N2O5S2.Li.H/c1-19-8-6-7-11-22(19)24-16-21(18-36(33,34)28-17-20-9-4-3-5-10-20)12-13-23(24)26(30)29-25(27(31)32)14-15-35-2;;/h6-8,11-13,16,20,25,28H,3-5,9-10,14-15,17-18H2,1-2H3,(H,29,30)(H,31,32);;/q;+1;-1. The van der Waals surface area contributed by atoms with Crippen molar-refractivity contribution in [3.8, 4) is 11.1 Å². The number of nitrogens with one attached hydrogen (secondary N) is 2. The second-order valence-electron chi connectivity index (χ2n) is 9.45. The molecule has 0 radical (unpaired) electrons. The van der Waals surface area contributed by atoms with Crippen molar-refractivity contribution in [1.29, 1.82) is 0 Å². The van der Waals surface area contributed by atoms with Crippen molar-refractivity contribution in [2.45, 2.75) is 57.2 Å². The van der Waals surface area contributed by atoms with Crippen LogP contribution in [-0.2, 0) is 20.6 Å². The number of carboxylic acid groups (broad SMARTS) is 1. The maximum Gasteiger partial charge on any atom is 1.00 e. The van der Waals surface area contributed by atoms with E-state index in [4.69, 9.17) is 0 Å². The van der Waals surface area contributed by atoms with Gasteiger partial charge in [-0.3, -0.25) is 4.79 Å². The fourth-order valence-corrected chi connectivity index (χ4v) is 6.29. The van der Waals surface area contributed by atoms with Gasteiger partial charge in [0.15, 0.2) is 0 Å². The van der Waals surface area contributed by atoms with Crippen LogP contribution in [0.25, 0.3) is 11.1 Å². The normalized spacial score (nSPS) is 15.0. The summed E-state index contributed by atoms with van der Waals surface area (Å²) < 4.78 is 28.4. The minimum absolute atomic E-state index is 0. The van der Waals surface area contributed by atoms with Gasteiger partial charge in [0.25, 0.3) is 5.91 Å². The Bertz CT molecular complexity index is 1170. The molecule has 198 valence electrons. The number of benzene rings is 2. The molecule has 2 aromatic carbocycles. The molecular weight excluding hydrogens is 503 g/mol. The zero-order chi connectivity index (χ0) is 26.1. The molecule has 37 heavy (non-hydrogen) atoms. The van der Waals surface area contributed by atoms with Gasteiger partial charge in [-0.1, -0.05) is 49.6 Å². The topological polar surface area (TPSA) is 113 Å². The molecule has 3 N–H and O–H groups in total. The van der Waals surface area contributed by atoms with Crippen molar-refractivity contribution in [1.82, 2.24) is 10.0 Å². The smallest absolute Gasteiger partial charge is 1.00 e.